The Morgan fingerprint density at radius 2 is 1.79 bits per heavy atom. The first kappa shape index (κ1) is 20.8. The third kappa shape index (κ3) is 6.99. The zero-order chi connectivity index (χ0) is 20.4. The van der Waals surface area contributed by atoms with Gasteiger partial charge in [0.2, 0.25) is 0 Å². The Hall–Kier alpha value is -3.55. The second-order valence-electron chi connectivity index (χ2n) is 6.05. The average molecular weight is 386 g/mol. The minimum Gasteiger partial charge on any atom is -0.508 e. The van der Waals surface area contributed by atoms with E-state index in [2.05, 4.69) is 10.6 Å². The van der Waals surface area contributed by atoms with Crippen molar-refractivity contribution in [2.45, 2.75) is 25.5 Å². The highest BCUT2D eigenvalue weighted by atomic mass is 16.5. The van der Waals surface area contributed by atoms with Gasteiger partial charge in [-0.25, -0.2) is 9.59 Å². The van der Waals surface area contributed by atoms with Crippen molar-refractivity contribution in [3.8, 4) is 5.75 Å². The van der Waals surface area contributed by atoms with Crippen LogP contribution in [0.3, 0.4) is 0 Å². The first-order valence-electron chi connectivity index (χ1n) is 8.73. The molecule has 2 aromatic carbocycles. The molecule has 0 fully saturated rings. The predicted octanol–water partition coefficient (Wildman–Crippen LogP) is 2.28. The number of hydrogen-bond donors (Lipinski definition) is 4. The largest absolute Gasteiger partial charge is 0.508 e. The van der Waals surface area contributed by atoms with Gasteiger partial charge in [0.25, 0.3) is 5.91 Å². The number of carboxylic acids is 1. The van der Waals surface area contributed by atoms with Crippen LogP contribution in [0.1, 0.15) is 28.8 Å². The fourth-order valence-electron chi connectivity index (χ4n) is 2.42. The Morgan fingerprint density at radius 3 is 2.46 bits per heavy atom. The minimum atomic E-state index is -1.18. The number of benzene rings is 2. The molecule has 0 aliphatic carbocycles. The summed E-state index contributed by atoms with van der Waals surface area (Å²) in [4.78, 5) is 35.1. The van der Waals surface area contributed by atoms with Gasteiger partial charge in [0, 0.05) is 12.1 Å². The maximum absolute atomic E-state index is 11.9. The second-order valence-corrected chi connectivity index (χ2v) is 6.05. The quantitative estimate of drug-likeness (QED) is 0.490. The molecule has 8 heteroatoms. The highest BCUT2D eigenvalue weighted by Crippen LogP contribution is 2.10. The van der Waals surface area contributed by atoms with E-state index in [0.29, 0.717) is 12.0 Å². The number of carbonyl (C=O) groups is 3. The molecular formula is C20H22N2O6. The number of ether oxygens (including phenoxy) is 1. The number of alkyl carbamates (subject to hydrolysis) is 1. The van der Waals surface area contributed by atoms with Gasteiger partial charge in [-0.1, -0.05) is 36.4 Å². The summed E-state index contributed by atoms with van der Waals surface area (Å²) in [6.45, 7) is 0.262. The minimum absolute atomic E-state index is 0.0168. The lowest BCUT2D eigenvalue weighted by molar-refractivity contribution is -0.139. The van der Waals surface area contributed by atoms with Gasteiger partial charge in [0.05, 0.1) is 0 Å². The van der Waals surface area contributed by atoms with Gasteiger partial charge in [0.1, 0.15) is 18.4 Å². The Labute approximate surface area is 162 Å². The van der Waals surface area contributed by atoms with E-state index in [-0.39, 0.29) is 31.2 Å². The van der Waals surface area contributed by atoms with E-state index >= 15 is 0 Å². The number of aromatic hydroxyl groups is 1. The van der Waals surface area contributed by atoms with Crippen LogP contribution in [0.25, 0.3) is 0 Å². The van der Waals surface area contributed by atoms with Gasteiger partial charge in [-0.3, -0.25) is 4.79 Å². The highest BCUT2D eigenvalue weighted by Gasteiger charge is 2.20. The number of hydrogen-bond acceptors (Lipinski definition) is 5. The van der Waals surface area contributed by atoms with E-state index in [0.717, 1.165) is 5.56 Å². The lowest BCUT2D eigenvalue weighted by atomic mass is 10.1. The second kappa shape index (κ2) is 10.6. The van der Waals surface area contributed by atoms with Crippen molar-refractivity contribution in [1.29, 1.82) is 0 Å². The van der Waals surface area contributed by atoms with Crippen LogP contribution >= 0.6 is 0 Å². The lowest BCUT2D eigenvalue weighted by Crippen LogP contribution is -2.41. The molecule has 8 nitrogen and oxygen atoms in total. The van der Waals surface area contributed by atoms with E-state index in [4.69, 9.17) is 4.74 Å². The first-order valence-corrected chi connectivity index (χ1v) is 8.73. The summed E-state index contributed by atoms with van der Waals surface area (Å²) in [6.07, 6.45) is -0.364. The summed E-state index contributed by atoms with van der Waals surface area (Å²) in [7, 11) is 0. The highest BCUT2D eigenvalue weighted by molar-refractivity contribution is 5.94. The normalized spacial score (nSPS) is 11.3. The van der Waals surface area contributed by atoms with Gasteiger partial charge >= 0.3 is 12.1 Å². The van der Waals surface area contributed by atoms with Crippen molar-refractivity contribution in [2.24, 2.45) is 0 Å². The number of phenolic OH excluding ortho intramolecular Hbond substituents is 1. The summed E-state index contributed by atoms with van der Waals surface area (Å²) in [5.74, 6) is -1.58. The maximum atomic E-state index is 11.9. The van der Waals surface area contributed by atoms with E-state index < -0.39 is 18.1 Å². The molecule has 0 saturated carbocycles. The predicted molar refractivity (Wildman–Crippen MR) is 101 cm³/mol. The summed E-state index contributed by atoms with van der Waals surface area (Å²) < 4.78 is 5.02. The topological polar surface area (TPSA) is 125 Å². The summed E-state index contributed by atoms with van der Waals surface area (Å²) >= 11 is 0. The molecule has 0 heterocycles. The van der Waals surface area contributed by atoms with Crippen LogP contribution in [-0.2, 0) is 16.1 Å². The van der Waals surface area contributed by atoms with Crippen LogP contribution in [0.4, 0.5) is 4.79 Å². The third-order valence-electron chi connectivity index (χ3n) is 3.87. The van der Waals surface area contributed by atoms with Crippen LogP contribution in [0.15, 0.2) is 54.6 Å². The van der Waals surface area contributed by atoms with Crippen molar-refractivity contribution in [2.75, 3.05) is 6.54 Å². The van der Waals surface area contributed by atoms with Crippen LogP contribution in [-0.4, -0.2) is 40.8 Å². The number of nitrogens with one attached hydrogen (secondary N) is 2. The van der Waals surface area contributed by atoms with Crippen LogP contribution < -0.4 is 10.6 Å². The lowest BCUT2D eigenvalue weighted by Gasteiger charge is -2.15. The molecule has 1 atom stereocenters. The molecule has 2 amide bonds. The number of amides is 2. The molecule has 0 spiro atoms. The molecule has 0 saturated heterocycles. The van der Waals surface area contributed by atoms with Crippen molar-refractivity contribution in [1.82, 2.24) is 10.6 Å². The molecular weight excluding hydrogens is 364 g/mol. The molecule has 28 heavy (non-hydrogen) atoms. The van der Waals surface area contributed by atoms with Gasteiger partial charge in [0.15, 0.2) is 0 Å². The zero-order valence-corrected chi connectivity index (χ0v) is 15.1. The summed E-state index contributed by atoms with van der Waals surface area (Å²) in [5, 5.41) is 23.6. The number of carboxylic acid groups (broad SMARTS) is 1. The van der Waals surface area contributed by atoms with Crippen LogP contribution in [0, 0.1) is 0 Å². The van der Waals surface area contributed by atoms with Crippen molar-refractivity contribution in [3.63, 3.8) is 0 Å². The molecule has 0 radical (unpaired) electrons. The van der Waals surface area contributed by atoms with Gasteiger partial charge in [-0.2, -0.15) is 0 Å². The van der Waals surface area contributed by atoms with Crippen LogP contribution in [0.2, 0.25) is 0 Å². The third-order valence-corrected chi connectivity index (χ3v) is 3.87. The monoisotopic (exact) mass is 386 g/mol. The maximum Gasteiger partial charge on any atom is 0.408 e. The molecule has 0 aliphatic heterocycles. The molecule has 0 aliphatic rings. The summed E-state index contributed by atoms with van der Waals surface area (Å²) in [5.41, 5.74) is 1.09. The van der Waals surface area contributed by atoms with Gasteiger partial charge in [-0.15, -0.1) is 0 Å². The Kier molecular flexibility index (Phi) is 7.83. The number of phenols is 1. The molecule has 0 aromatic heterocycles. The van der Waals surface area contributed by atoms with Gasteiger partial charge < -0.3 is 25.6 Å². The SMILES string of the molecule is O=C(N[C@@H](CCCNC(=O)c1cccc(O)c1)C(=O)O)OCc1ccccc1. The fraction of sp³-hybridized carbons (Fsp3) is 0.250. The number of aliphatic carboxylic acids is 1. The van der Waals surface area contributed by atoms with E-state index in [1.807, 2.05) is 18.2 Å². The summed E-state index contributed by atoms with van der Waals surface area (Å²) in [6, 6.07) is 13.8. The van der Waals surface area contributed by atoms with Gasteiger partial charge in [-0.05, 0) is 36.6 Å². The van der Waals surface area contributed by atoms with Crippen LogP contribution in [0.5, 0.6) is 5.75 Å². The van der Waals surface area contributed by atoms with Crippen molar-refractivity contribution in [3.05, 3.63) is 65.7 Å². The molecule has 148 valence electrons. The standard InChI is InChI=1S/C20H22N2O6/c23-16-9-4-8-15(12-16)18(24)21-11-5-10-17(19(25)26)22-20(27)28-13-14-6-2-1-3-7-14/h1-4,6-9,12,17,23H,5,10-11,13H2,(H,21,24)(H,22,27)(H,25,26)/t17-/m0/s1. The Bertz CT molecular complexity index is 809. The van der Waals surface area contributed by atoms with Crippen molar-refractivity contribution >= 4 is 18.0 Å². The molecule has 2 rings (SSSR count). The van der Waals surface area contributed by atoms with E-state index in [1.54, 1.807) is 24.3 Å². The molecule has 4 N–H and O–H groups in total. The van der Waals surface area contributed by atoms with E-state index in [1.165, 1.54) is 12.1 Å². The van der Waals surface area contributed by atoms with Crippen molar-refractivity contribution < 1.29 is 29.3 Å². The Morgan fingerprint density at radius 1 is 1.04 bits per heavy atom. The molecule has 0 unspecified atom stereocenters. The van der Waals surface area contributed by atoms with E-state index in [9.17, 15) is 24.6 Å². The average Bonchev–Trinajstić information content (AvgIpc) is 2.69. The molecule has 2 aromatic rings. The molecule has 0 bridgehead atoms. The Balaban J connectivity index is 1.72. The first-order chi connectivity index (χ1) is 13.5. The number of rotatable bonds is 9. The zero-order valence-electron chi connectivity index (χ0n) is 15.1. The fourth-order valence-corrected chi connectivity index (χ4v) is 2.42. The smallest absolute Gasteiger partial charge is 0.408 e. The number of carbonyl (C=O) groups excluding carboxylic acids is 2.